The number of halogens is 1. The van der Waals surface area contributed by atoms with Gasteiger partial charge in [-0.1, -0.05) is 17.7 Å². The van der Waals surface area contributed by atoms with Crippen LogP contribution in [0.3, 0.4) is 0 Å². The maximum Gasteiger partial charge on any atom is 0.269 e. The first kappa shape index (κ1) is 15.9. The van der Waals surface area contributed by atoms with Crippen LogP contribution in [0.1, 0.15) is 5.82 Å². The Hall–Kier alpha value is -2.93. The van der Waals surface area contributed by atoms with E-state index in [0.29, 0.717) is 23.8 Å². The molecule has 122 valence electrons. The van der Waals surface area contributed by atoms with E-state index in [9.17, 15) is 10.1 Å². The molecule has 1 aromatic heterocycles. The summed E-state index contributed by atoms with van der Waals surface area (Å²) < 4.78 is 0. The van der Waals surface area contributed by atoms with E-state index >= 15 is 0 Å². The van der Waals surface area contributed by atoms with E-state index in [1.807, 2.05) is 24.3 Å². The molecule has 0 aliphatic rings. The zero-order valence-corrected chi connectivity index (χ0v) is 13.3. The Labute approximate surface area is 142 Å². The molecule has 0 fully saturated rings. The van der Waals surface area contributed by atoms with Gasteiger partial charge >= 0.3 is 0 Å². The summed E-state index contributed by atoms with van der Waals surface area (Å²) in [4.78, 5) is 14.6. The molecule has 2 N–H and O–H groups in total. The fraction of sp³-hybridized carbons (Fsp3) is 0.125. The third kappa shape index (κ3) is 3.88. The van der Waals surface area contributed by atoms with Crippen molar-refractivity contribution in [2.75, 3.05) is 11.9 Å². The number of nitrogens with one attached hydrogen (secondary N) is 2. The van der Waals surface area contributed by atoms with Crippen molar-refractivity contribution in [2.24, 2.45) is 0 Å². The van der Waals surface area contributed by atoms with E-state index in [1.54, 1.807) is 12.1 Å². The van der Waals surface area contributed by atoms with Gasteiger partial charge in [0.15, 0.2) is 5.82 Å². The zero-order valence-electron chi connectivity index (χ0n) is 12.6. The average Bonchev–Trinajstić information content (AvgIpc) is 3.04. The molecular formula is C16H14ClN5O2. The van der Waals surface area contributed by atoms with Gasteiger partial charge in [-0.05, 0) is 30.3 Å². The number of H-pyrrole nitrogens is 1. The van der Waals surface area contributed by atoms with Crippen LogP contribution >= 0.6 is 11.6 Å². The second kappa shape index (κ2) is 7.10. The van der Waals surface area contributed by atoms with E-state index in [-0.39, 0.29) is 5.69 Å². The maximum absolute atomic E-state index is 10.7. The highest BCUT2D eigenvalue weighted by Gasteiger charge is 2.09. The lowest BCUT2D eigenvalue weighted by molar-refractivity contribution is -0.384. The lowest BCUT2D eigenvalue weighted by atomic mass is 10.2. The molecule has 0 atom stereocenters. The second-order valence-corrected chi connectivity index (χ2v) is 5.53. The fourth-order valence-electron chi connectivity index (χ4n) is 2.19. The van der Waals surface area contributed by atoms with Gasteiger partial charge in [0.2, 0.25) is 0 Å². The number of rotatable bonds is 6. The molecule has 8 heteroatoms. The van der Waals surface area contributed by atoms with Gasteiger partial charge in [0.25, 0.3) is 5.69 Å². The van der Waals surface area contributed by atoms with Crippen molar-refractivity contribution in [1.29, 1.82) is 0 Å². The lowest BCUT2D eigenvalue weighted by Crippen LogP contribution is -2.05. The number of aromatic amines is 1. The minimum atomic E-state index is -0.436. The SMILES string of the molecule is O=[N+]([O-])c1ccc(-c2n[nH]c(CCNc3cccc(Cl)c3)n2)cc1. The highest BCUT2D eigenvalue weighted by atomic mass is 35.5. The van der Waals surface area contributed by atoms with Crippen molar-refractivity contribution < 1.29 is 4.92 Å². The molecule has 3 aromatic rings. The first-order valence-corrected chi connectivity index (χ1v) is 7.65. The molecule has 0 amide bonds. The molecular weight excluding hydrogens is 330 g/mol. The molecule has 0 saturated heterocycles. The number of anilines is 1. The number of non-ortho nitro benzene ring substituents is 1. The van der Waals surface area contributed by atoms with Gasteiger partial charge in [-0.2, -0.15) is 5.10 Å². The molecule has 0 radical (unpaired) electrons. The Morgan fingerprint density at radius 2 is 2.00 bits per heavy atom. The quantitative estimate of drug-likeness (QED) is 0.525. The van der Waals surface area contributed by atoms with E-state index in [1.165, 1.54) is 12.1 Å². The van der Waals surface area contributed by atoms with Crippen LogP contribution in [0, 0.1) is 10.1 Å². The number of hydrogen-bond donors (Lipinski definition) is 2. The van der Waals surface area contributed by atoms with Crippen LogP contribution in [-0.2, 0) is 6.42 Å². The topological polar surface area (TPSA) is 96.7 Å². The standard InChI is InChI=1S/C16H14ClN5O2/c17-12-2-1-3-13(10-12)18-9-8-15-19-16(21-20-15)11-4-6-14(7-5-11)22(23)24/h1-7,10,18H,8-9H2,(H,19,20,21). The third-order valence-corrected chi connectivity index (χ3v) is 3.62. The normalized spacial score (nSPS) is 10.5. The average molecular weight is 344 g/mol. The number of nitrogens with zero attached hydrogens (tertiary/aromatic N) is 3. The molecule has 0 bridgehead atoms. The van der Waals surface area contributed by atoms with Gasteiger partial charge in [-0.25, -0.2) is 4.98 Å². The van der Waals surface area contributed by atoms with Crippen LogP contribution in [0.15, 0.2) is 48.5 Å². The lowest BCUT2D eigenvalue weighted by Gasteiger charge is -2.04. The predicted molar refractivity (Wildman–Crippen MR) is 92.1 cm³/mol. The minimum absolute atomic E-state index is 0.0419. The number of hydrogen-bond acceptors (Lipinski definition) is 5. The molecule has 0 unspecified atom stereocenters. The van der Waals surface area contributed by atoms with Gasteiger partial charge in [0, 0.05) is 41.4 Å². The molecule has 0 aliphatic heterocycles. The van der Waals surface area contributed by atoms with Gasteiger partial charge in [0.1, 0.15) is 5.82 Å². The molecule has 2 aromatic carbocycles. The second-order valence-electron chi connectivity index (χ2n) is 5.10. The largest absolute Gasteiger partial charge is 0.385 e. The van der Waals surface area contributed by atoms with Crippen LogP contribution in [0.2, 0.25) is 5.02 Å². The van der Waals surface area contributed by atoms with E-state index < -0.39 is 4.92 Å². The molecule has 7 nitrogen and oxygen atoms in total. The fourth-order valence-corrected chi connectivity index (χ4v) is 2.38. The summed E-state index contributed by atoms with van der Waals surface area (Å²) in [5.74, 6) is 1.25. The van der Waals surface area contributed by atoms with Crippen molar-refractivity contribution >= 4 is 23.0 Å². The van der Waals surface area contributed by atoms with Gasteiger partial charge < -0.3 is 5.32 Å². The van der Waals surface area contributed by atoms with Crippen LogP contribution in [0.25, 0.3) is 11.4 Å². The molecule has 24 heavy (non-hydrogen) atoms. The summed E-state index contributed by atoms with van der Waals surface area (Å²) in [5.41, 5.74) is 1.71. The minimum Gasteiger partial charge on any atom is -0.385 e. The summed E-state index contributed by atoms with van der Waals surface area (Å²) in [7, 11) is 0. The third-order valence-electron chi connectivity index (χ3n) is 3.38. The van der Waals surface area contributed by atoms with Crippen LogP contribution in [0.4, 0.5) is 11.4 Å². The molecule has 0 saturated carbocycles. The van der Waals surface area contributed by atoms with Gasteiger partial charge in [-0.3, -0.25) is 15.2 Å². The summed E-state index contributed by atoms with van der Waals surface area (Å²) in [6, 6.07) is 13.6. The molecule has 0 aliphatic carbocycles. The number of aromatic nitrogens is 3. The first-order valence-electron chi connectivity index (χ1n) is 7.27. The Balaban J connectivity index is 1.60. The number of benzene rings is 2. The van der Waals surface area contributed by atoms with Crippen molar-refractivity contribution in [2.45, 2.75) is 6.42 Å². The van der Waals surface area contributed by atoms with Gasteiger partial charge in [-0.15, -0.1) is 0 Å². The monoisotopic (exact) mass is 343 g/mol. The van der Waals surface area contributed by atoms with E-state index in [0.717, 1.165) is 17.1 Å². The van der Waals surface area contributed by atoms with Crippen LogP contribution in [-0.4, -0.2) is 26.6 Å². The van der Waals surface area contributed by atoms with Crippen LogP contribution < -0.4 is 5.32 Å². The van der Waals surface area contributed by atoms with E-state index in [2.05, 4.69) is 20.5 Å². The zero-order chi connectivity index (χ0) is 16.9. The van der Waals surface area contributed by atoms with Crippen molar-refractivity contribution in [3.05, 3.63) is 69.5 Å². The maximum atomic E-state index is 10.7. The Morgan fingerprint density at radius 1 is 1.21 bits per heavy atom. The van der Waals surface area contributed by atoms with E-state index in [4.69, 9.17) is 11.6 Å². The predicted octanol–water partition coefficient (Wildman–Crippen LogP) is 3.69. The number of nitro benzene ring substituents is 1. The first-order chi connectivity index (χ1) is 11.6. The Morgan fingerprint density at radius 3 is 2.71 bits per heavy atom. The summed E-state index contributed by atoms with van der Waals surface area (Å²) in [6.07, 6.45) is 0.659. The highest BCUT2D eigenvalue weighted by molar-refractivity contribution is 6.30. The van der Waals surface area contributed by atoms with Gasteiger partial charge in [0.05, 0.1) is 4.92 Å². The number of nitro groups is 1. The van der Waals surface area contributed by atoms with Crippen molar-refractivity contribution in [1.82, 2.24) is 15.2 Å². The molecule has 3 rings (SSSR count). The summed E-state index contributed by atoms with van der Waals surface area (Å²) in [6.45, 7) is 0.676. The Bertz CT molecular complexity index is 848. The summed E-state index contributed by atoms with van der Waals surface area (Å²) >= 11 is 5.93. The Kier molecular flexibility index (Phi) is 4.72. The van der Waals surface area contributed by atoms with Crippen molar-refractivity contribution in [3.63, 3.8) is 0 Å². The molecule has 1 heterocycles. The summed E-state index contributed by atoms with van der Waals surface area (Å²) in [5, 5.41) is 21.6. The highest BCUT2D eigenvalue weighted by Crippen LogP contribution is 2.19. The molecule has 0 spiro atoms. The smallest absolute Gasteiger partial charge is 0.269 e. The van der Waals surface area contributed by atoms with Crippen molar-refractivity contribution in [3.8, 4) is 11.4 Å². The van der Waals surface area contributed by atoms with Crippen LogP contribution in [0.5, 0.6) is 0 Å².